The molecule has 1 aromatic heterocycles. The normalized spacial score (nSPS) is 7.57. The number of H-pyrrole nitrogens is 1. The van der Waals surface area contributed by atoms with Crippen molar-refractivity contribution in [1.29, 1.82) is 0 Å². The third-order valence-electron chi connectivity index (χ3n) is 0.578. The van der Waals surface area contributed by atoms with Gasteiger partial charge < -0.3 is 11.2 Å². The molecule has 0 unspecified atom stereocenters. The zero-order valence-corrected chi connectivity index (χ0v) is 6.94. The molecule has 0 amide bonds. The van der Waals surface area contributed by atoms with Crippen LogP contribution in [0.3, 0.4) is 0 Å². The summed E-state index contributed by atoms with van der Waals surface area (Å²) in [6, 6.07) is 2.83. The van der Waals surface area contributed by atoms with E-state index in [1.54, 1.807) is 6.20 Å². The maximum Gasteiger partial charge on any atom is 3.00 e. The Morgan fingerprint density at radius 3 is 2.71 bits per heavy atom. The van der Waals surface area contributed by atoms with Gasteiger partial charge >= 0.3 is 32.7 Å². The molecule has 0 aromatic carbocycles. The molecule has 0 bridgehead atoms. The summed E-state index contributed by atoms with van der Waals surface area (Å²) in [5.74, 6) is 0. The third kappa shape index (κ3) is 2.20. The topological polar surface area (TPSA) is 28.7 Å². The number of nitrogens with one attached hydrogen (secondary N) is 1. The number of nitrogens with zero attached hydrogens (tertiary/aromatic N) is 1. The molecule has 32 valence electrons. The van der Waals surface area contributed by atoms with Gasteiger partial charge in [-0.05, 0) is 0 Å². The van der Waals surface area contributed by atoms with E-state index in [0.29, 0.717) is 0 Å². The van der Waals surface area contributed by atoms with Gasteiger partial charge in [-0.3, -0.25) is 0 Å². The number of aryl methyl sites for hydroxylation is 1. The van der Waals surface area contributed by atoms with Crippen LogP contribution in [0.1, 0.15) is 5.69 Å². The Hall–Kier alpha value is 0.314. The fourth-order valence-corrected chi connectivity index (χ4v) is 0.298. The summed E-state index contributed by atoms with van der Waals surface area (Å²) in [6.07, 6.45) is 1.68. The fraction of sp³-hybridized carbons (Fsp3) is 0.250. The van der Waals surface area contributed by atoms with E-state index >= 15 is 0 Å². The molecule has 7 heavy (non-hydrogen) atoms. The molecular formula is C4H5N2Y+2. The van der Waals surface area contributed by atoms with Gasteiger partial charge in [0.2, 0.25) is 0 Å². The van der Waals surface area contributed by atoms with Crippen molar-refractivity contribution in [2.75, 3.05) is 0 Å². The molecular weight excluding hydrogens is 165 g/mol. The maximum absolute atomic E-state index is 3.74. The van der Waals surface area contributed by atoms with E-state index in [0.717, 1.165) is 5.69 Å². The second-order valence-corrected chi connectivity index (χ2v) is 1.11. The van der Waals surface area contributed by atoms with Crippen LogP contribution in [-0.4, -0.2) is 10.2 Å². The number of hydrogen-bond donors (Lipinski definition) is 1. The molecule has 0 spiro atoms. The second-order valence-electron chi connectivity index (χ2n) is 1.11. The monoisotopic (exact) mass is 170 g/mol. The average molecular weight is 170 g/mol. The summed E-state index contributed by atoms with van der Waals surface area (Å²) in [4.78, 5) is 0. The quantitative estimate of drug-likeness (QED) is 0.564. The van der Waals surface area contributed by atoms with E-state index in [1.807, 2.05) is 6.92 Å². The first-order chi connectivity index (χ1) is 2.89. The first-order valence-corrected chi connectivity index (χ1v) is 1.77. The number of hydrogen-bond acceptors (Lipinski definition) is 1. The SMILES string of the molecule is Cc1[c-]c[nH]n1.[Y+3]. The van der Waals surface area contributed by atoms with Gasteiger partial charge in [0.05, 0.1) is 0 Å². The fourth-order valence-electron chi connectivity index (χ4n) is 0.298. The van der Waals surface area contributed by atoms with Crippen molar-refractivity contribution in [2.24, 2.45) is 0 Å². The van der Waals surface area contributed by atoms with Gasteiger partial charge in [-0.25, -0.2) is 5.10 Å². The minimum absolute atomic E-state index is 0. The minimum Gasteiger partial charge on any atom is -0.429 e. The van der Waals surface area contributed by atoms with Crippen LogP contribution < -0.4 is 0 Å². The van der Waals surface area contributed by atoms with E-state index in [4.69, 9.17) is 0 Å². The largest absolute Gasteiger partial charge is 3.00 e. The molecule has 1 rings (SSSR count). The number of rotatable bonds is 0. The zero-order valence-electron chi connectivity index (χ0n) is 4.10. The molecule has 0 aliphatic rings. The molecule has 0 saturated carbocycles. The van der Waals surface area contributed by atoms with Gasteiger partial charge in [0.1, 0.15) is 0 Å². The van der Waals surface area contributed by atoms with Gasteiger partial charge in [0.25, 0.3) is 0 Å². The standard InChI is InChI=1S/C4H5N2.Y/c1-4-2-3-5-6-4;/h3H,1H3,(H,5,6);/q-1;+3. The summed E-state index contributed by atoms with van der Waals surface area (Å²) in [5.41, 5.74) is 0.912. The van der Waals surface area contributed by atoms with Crippen LogP contribution in [0.5, 0.6) is 0 Å². The Kier molecular flexibility index (Phi) is 3.48. The molecule has 0 fully saturated rings. The molecule has 3 heteroatoms. The van der Waals surface area contributed by atoms with Crippen molar-refractivity contribution in [2.45, 2.75) is 6.92 Å². The summed E-state index contributed by atoms with van der Waals surface area (Å²) in [6.45, 7) is 1.89. The van der Waals surface area contributed by atoms with Crippen molar-refractivity contribution in [3.63, 3.8) is 0 Å². The molecule has 1 heterocycles. The van der Waals surface area contributed by atoms with E-state index in [-0.39, 0.29) is 32.7 Å². The number of aromatic nitrogens is 2. The van der Waals surface area contributed by atoms with Gasteiger partial charge in [-0.2, -0.15) is 6.20 Å². The van der Waals surface area contributed by atoms with Crippen molar-refractivity contribution >= 4 is 0 Å². The molecule has 0 atom stereocenters. The van der Waals surface area contributed by atoms with E-state index in [9.17, 15) is 0 Å². The summed E-state index contributed by atoms with van der Waals surface area (Å²) in [5, 5.41) is 6.36. The minimum atomic E-state index is 0. The Morgan fingerprint density at radius 1 is 1.86 bits per heavy atom. The van der Waals surface area contributed by atoms with E-state index < -0.39 is 0 Å². The van der Waals surface area contributed by atoms with Crippen molar-refractivity contribution in [3.05, 3.63) is 18.0 Å². The van der Waals surface area contributed by atoms with Crippen molar-refractivity contribution in [1.82, 2.24) is 10.2 Å². The molecule has 1 aromatic rings. The Balaban J connectivity index is 0.000000360. The third-order valence-corrected chi connectivity index (χ3v) is 0.578. The van der Waals surface area contributed by atoms with Crippen molar-refractivity contribution in [3.8, 4) is 0 Å². The van der Waals surface area contributed by atoms with Crippen LogP contribution in [0, 0.1) is 13.0 Å². The van der Waals surface area contributed by atoms with Crippen LogP contribution in [0.25, 0.3) is 0 Å². The predicted molar refractivity (Wildman–Crippen MR) is 22.2 cm³/mol. The average Bonchev–Trinajstić information content (AvgIpc) is 1.86. The molecule has 0 saturated heterocycles. The maximum atomic E-state index is 3.74. The van der Waals surface area contributed by atoms with Gasteiger partial charge in [-0.15, -0.1) is 5.69 Å². The predicted octanol–water partition coefficient (Wildman–Crippen LogP) is 0.516. The van der Waals surface area contributed by atoms with Gasteiger partial charge in [0, 0.05) is 0 Å². The smallest absolute Gasteiger partial charge is 0.429 e. The number of aromatic amines is 1. The van der Waals surface area contributed by atoms with Crippen LogP contribution in [0.4, 0.5) is 0 Å². The Labute approximate surface area is 67.6 Å². The van der Waals surface area contributed by atoms with Crippen LogP contribution in [0.15, 0.2) is 6.20 Å². The first kappa shape index (κ1) is 7.31. The Bertz CT molecular complexity index is 113. The molecule has 0 aliphatic carbocycles. The van der Waals surface area contributed by atoms with Gasteiger partial charge in [0.15, 0.2) is 0 Å². The molecule has 2 nitrogen and oxygen atoms in total. The summed E-state index contributed by atoms with van der Waals surface area (Å²) >= 11 is 0. The van der Waals surface area contributed by atoms with Crippen LogP contribution in [0.2, 0.25) is 0 Å². The van der Waals surface area contributed by atoms with Crippen LogP contribution >= 0.6 is 0 Å². The van der Waals surface area contributed by atoms with Crippen LogP contribution in [-0.2, 0) is 32.7 Å². The van der Waals surface area contributed by atoms with Gasteiger partial charge in [-0.1, -0.05) is 6.92 Å². The van der Waals surface area contributed by atoms with Crippen molar-refractivity contribution < 1.29 is 32.7 Å². The summed E-state index contributed by atoms with van der Waals surface area (Å²) < 4.78 is 0. The first-order valence-electron chi connectivity index (χ1n) is 1.77. The van der Waals surface area contributed by atoms with E-state index in [2.05, 4.69) is 16.3 Å². The zero-order chi connectivity index (χ0) is 4.41. The van der Waals surface area contributed by atoms with E-state index in [1.165, 1.54) is 0 Å². The second kappa shape index (κ2) is 3.33. The molecule has 0 radical (unpaired) electrons. The Morgan fingerprint density at radius 2 is 2.57 bits per heavy atom. The summed E-state index contributed by atoms with van der Waals surface area (Å²) in [7, 11) is 0. The molecule has 1 N–H and O–H groups in total. The molecule has 0 aliphatic heterocycles.